The summed E-state index contributed by atoms with van der Waals surface area (Å²) in [5.41, 5.74) is -0.957. The van der Waals surface area contributed by atoms with Crippen molar-refractivity contribution in [2.75, 3.05) is 6.54 Å². The van der Waals surface area contributed by atoms with Crippen LogP contribution in [0.4, 0.5) is 13.2 Å². The highest BCUT2D eigenvalue weighted by molar-refractivity contribution is 5.99. The molecule has 3 aromatic rings. The average Bonchev–Trinajstić information content (AvgIpc) is 3.14. The van der Waals surface area contributed by atoms with Crippen LogP contribution in [0.15, 0.2) is 35.1 Å². The smallest absolute Gasteiger partial charge is 0.433 e. The third-order valence-corrected chi connectivity index (χ3v) is 3.37. The summed E-state index contributed by atoms with van der Waals surface area (Å²) in [5.74, 6) is 0.159. The van der Waals surface area contributed by atoms with Crippen LogP contribution in [0.3, 0.4) is 0 Å². The minimum atomic E-state index is -4.59. The van der Waals surface area contributed by atoms with Crippen LogP contribution >= 0.6 is 0 Å². The van der Waals surface area contributed by atoms with E-state index in [0.717, 1.165) is 12.3 Å². The molecule has 9 heteroatoms. The molecule has 0 atom stereocenters. The average molecular weight is 338 g/mol. The molecule has 0 unspecified atom stereocenters. The Kier molecular flexibility index (Phi) is 4.00. The topological polar surface area (TPSA) is 72.4 Å². The van der Waals surface area contributed by atoms with Crippen LogP contribution in [0.25, 0.3) is 5.65 Å². The van der Waals surface area contributed by atoms with Gasteiger partial charge in [-0.1, -0.05) is 0 Å². The molecule has 1 N–H and O–H groups in total. The number of halogens is 3. The van der Waals surface area contributed by atoms with Gasteiger partial charge >= 0.3 is 6.18 Å². The quantitative estimate of drug-likeness (QED) is 0.794. The number of nitrogens with one attached hydrogen (secondary N) is 1. The summed E-state index contributed by atoms with van der Waals surface area (Å²) in [4.78, 5) is 16.2. The van der Waals surface area contributed by atoms with E-state index < -0.39 is 17.8 Å². The molecule has 0 bridgehead atoms. The van der Waals surface area contributed by atoms with Crippen molar-refractivity contribution in [3.8, 4) is 0 Å². The number of furan rings is 1. The highest BCUT2D eigenvalue weighted by Crippen LogP contribution is 2.30. The Hall–Kier alpha value is -2.84. The van der Waals surface area contributed by atoms with Gasteiger partial charge in [0.1, 0.15) is 17.0 Å². The second kappa shape index (κ2) is 5.99. The van der Waals surface area contributed by atoms with E-state index in [4.69, 9.17) is 4.42 Å². The number of nitrogens with zero attached hydrogens (tertiary/aromatic N) is 3. The van der Waals surface area contributed by atoms with E-state index in [9.17, 15) is 18.0 Å². The predicted molar refractivity (Wildman–Crippen MR) is 77.5 cm³/mol. The molecule has 0 saturated heterocycles. The fourth-order valence-electron chi connectivity index (χ4n) is 2.30. The zero-order valence-corrected chi connectivity index (χ0v) is 12.6. The fourth-order valence-corrected chi connectivity index (χ4v) is 2.30. The van der Waals surface area contributed by atoms with Gasteiger partial charge in [-0.2, -0.15) is 18.3 Å². The van der Waals surface area contributed by atoms with E-state index in [2.05, 4.69) is 15.4 Å². The number of alkyl halides is 3. The molecule has 3 rings (SSSR count). The Morgan fingerprint density at radius 1 is 1.42 bits per heavy atom. The van der Waals surface area contributed by atoms with Crippen LogP contribution < -0.4 is 5.32 Å². The van der Waals surface area contributed by atoms with Gasteiger partial charge in [0, 0.05) is 18.7 Å². The molecule has 0 spiro atoms. The number of hydrogen-bond acceptors (Lipinski definition) is 4. The van der Waals surface area contributed by atoms with Crippen molar-refractivity contribution in [1.29, 1.82) is 0 Å². The lowest BCUT2D eigenvalue weighted by atomic mass is 10.2. The maximum atomic E-state index is 13.1. The minimum absolute atomic E-state index is 0.0105. The highest BCUT2D eigenvalue weighted by atomic mass is 19.4. The second-order valence-electron chi connectivity index (χ2n) is 5.16. The number of carbonyl (C=O) groups excluding carboxylic acids is 1. The Balaban J connectivity index is 1.84. The fraction of sp³-hybridized carbons (Fsp3) is 0.267. The zero-order chi connectivity index (χ0) is 17.3. The summed E-state index contributed by atoms with van der Waals surface area (Å²) < 4.78 is 45.0. The van der Waals surface area contributed by atoms with Gasteiger partial charge in [0.15, 0.2) is 5.65 Å². The van der Waals surface area contributed by atoms with Crippen molar-refractivity contribution < 1.29 is 22.4 Å². The molecule has 24 heavy (non-hydrogen) atoms. The molecular formula is C15H13F3N4O2. The van der Waals surface area contributed by atoms with Crippen molar-refractivity contribution in [2.45, 2.75) is 19.5 Å². The highest BCUT2D eigenvalue weighted by Gasteiger charge is 2.35. The van der Waals surface area contributed by atoms with Crippen LogP contribution in [0.2, 0.25) is 0 Å². The van der Waals surface area contributed by atoms with E-state index in [-0.39, 0.29) is 23.4 Å². The molecule has 0 saturated carbocycles. The number of amides is 1. The van der Waals surface area contributed by atoms with Crippen LogP contribution in [0.1, 0.15) is 27.5 Å². The molecule has 3 heterocycles. The van der Waals surface area contributed by atoms with E-state index >= 15 is 0 Å². The van der Waals surface area contributed by atoms with E-state index in [1.165, 1.54) is 13.2 Å². The Morgan fingerprint density at radius 2 is 2.21 bits per heavy atom. The van der Waals surface area contributed by atoms with Crippen LogP contribution in [-0.2, 0) is 12.6 Å². The molecule has 0 aliphatic heterocycles. The van der Waals surface area contributed by atoms with Crippen molar-refractivity contribution in [2.24, 2.45) is 0 Å². The lowest BCUT2D eigenvalue weighted by molar-refractivity contribution is -0.142. The number of rotatable bonds is 4. The molecule has 0 aromatic carbocycles. The summed E-state index contributed by atoms with van der Waals surface area (Å²) in [7, 11) is 0. The standard InChI is InChI=1S/C15H13F3N4O2/c1-9-7-12(15(16,17)18)22-13(21-9)11(8-20-22)14(23)19-5-4-10-3-2-6-24-10/h2-3,6-8H,4-5H2,1H3,(H,19,23). The van der Waals surface area contributed by atoms with Crippen LogP contribution in [0.5, 0.6) is 0 Å². The maximum absolute atomic E-state index is 13.1. The largest absolute Gasteiger partial charge is 0.469 e. The summed E-state index contributed by atoms with van der Waals surface area (Å²) >= 11 is 0. The number of aryl methyl sites for hydroxylation is 1. The Labute approximate surface area is 134 Å². The first kappa shape index (κ1) is 16.0. The van der Waals surface area contributed by atoms with Gasteiger partial charge < -0.3 is 9.73 Å². The number of carbonyl (C=O) groups is 1. The molecule has 6 nitrogen and oxygen atoms in total. The molecule has 3 aromatic heterocycles. The molecule has 0 aliphatic rings. The van der Waals surface area contributed by atoms with Crippen molar-refractivity contribution in [1.82, 2.24) is 19.9 Å². The third kappa shape index (κ3) is 3.10. The molecule has 1 amide bonds. The van der Waals surface area contributed by atoms with Gasteiger partial charge in [-0.05, 0) is 25.1 Å². The summed E-state index contributed by atoms with van der Waals surface area (Å²) in [6.45, 7) is 1.71. The summed E-state index contributed by atoms with van der Waals surface area (Å²) in [6, 6.07) is 4.38. The molecule has 0 radical (unpaired) electrons. The van der Waals surface area contributed by atoms with Gasteiger partial charge in [0.25, 0.3) is 5.91 Å². The van der Waals surface area contributed by atoms with Gasteiger partial charge in [-0.25, -0.2) is 9.50 Å². The van der Waals surface area contributed by atoms with Gasteiger partial charge in [0.05, 0.1) is 12.5 Å². The first-order chi connectivity index (χ1) is 11.4. The Bertz CT molecular complexity index is 869. The number of fused-ring (bicyclic) bond motifs is 1. The lowest BCUT2D eigenvalue weighted by Gasteiger charge is -2.09. The molecule has 0 fully saturated rings. The van der Waals surface area contributed by atoms with Crippen LogP contribution in [-0.4, -0.2) is 27.0 Å². The van der Waals surface area contributed by atoms with Gasteiger partial charge in [-0.15, -0.1) is 0 Å². The number of aromatic nitrogens is 3. The lowest BCUT2D eigenvalue weighted by Crippen LogP contribution is -2.25. The van der Waals surface area contributed by atoms with Crippen molar-refractivity contribution in [3.63, 3.8) is 0 Å². The van der Waals surface area contributed by atoms with Crippen LogP contribution in [0, 0.1) is 6.92 Å². The Morgan fingerprint density at radius 3 is 2.88 bits per heavy atom. The van der Waals surface area contributed by atoms with Crippen molar-refractivity contribution in [3.05, 3.63) is 53.4 Å². The summed E-state index contributed by atoms with van der Waals surface area (Å²) in [5, 5.41) is 6.28. The normalized spacial score (nSPS) is 11.8. The SMILES string of the molecule is Cc1cc(C(F)(F)F)n2ncc(C(=O)NCCc3ccco3)c2n1. The summed E-state index contributed by atoms with van der Waals surface area (Å²) in [6.07, 6.45) is -1.52. The molecular weight excluding hydrogens is 325 g/mol. The van der Waals surface area contributed by atoms with E-state index in [1.807, 2.05) is 0 Å². The predicted octanol–water partition coefficient (Wildman–Crippen LogP) is 2.62. The number of hydrogen-bond donors (Lipinski definition) is 1. The van der Waals surface area contributed by atoms with E-state index in [0.29, 0.717) is 16.7 Å². The van der Waals surface area contributed by atoms with Gasteiger partial charge in [-0.3, -0.25) is 4.79 Å². The monoisotopic (exact) mass is 338 g/mol. The maximum Gasteiger partial charge on any atom is 0.433 e. The molecule has 0 aliphatic carbocycles. The first-order valence-electron chi connectivity index (χ1n) is 7.09. The van der Waals surface area contributed by atoms with E-state index in [1.54, 1.807) is 12.1 Å². The molecule has 126 valence electrons. The third-order valence-electron chi connectivity index (χ3n) is 3.37. The van der Waals surface area contributed by atoms with Crippen molar-refractivity contribution >= 4 is 11.6 Å². The zero-order valence-electron chi connectivity index (χ0n) is 12.6. The second-order valence-corrected chi connectivity index (χ2v) is 5.16. The minimum Gasteiger partial charge on any atom is -0.469 e. The first-order valence-corrected chi connectivity index (χ1v) is 7.09. The van der Waals surface area contributed by atoms with Gasteiger partial charge in [0.2, 0.25) is 0 Å².